The van der Waals surface area contributed by atoms with Gasteiger partial charge in [0.1, 0.15) is 12.4 Å². The molecule has 0 spiro atoms. The summed E-state index contributed by atoms with van der Waals surface area (Å²) in [5, 5.41) is 3.41. The maximum atomic E-state index is 5.59. The lowest BCUT2D eigenvalue weighted by molar-refractivity contribution is 0.150. The number of benzene rings is 1. The normalized spacial score (nSPS) is 19.5. The lowest BCUT2D eigenvalue weighted by Crippen LogP contribution is -2.21. The second-order valence-corrected chi connectivity index (χ2v) is 3.91. The van der Waals surface area contributed by atoms with Crippen molar-refractivity contribution in [3.63, 3.8) is 0 Å². The van der Waals surface area contributed by atoms with E-state index in [0.29, 0.717) is 11.8 Å². The minimum absolute atomic E-state index is 0.0259. The van der Waals surface area contributed by atoms with Gasteiger partial charge in [0.2, 0.25) is 0 Å². The molecule has 1 heterocycles. The van der Waals surface area contributed by atoms with E-state index in [4.69, 9.17) is 21.7 Å². The first kappa shape index (κ1) is 10.2. The van der Waals surface area contributed by atoms with Crippen LogP contribution >= 0.6 is 12.2 Å². The summed E-state index contributed by atoms with van der Waals surface area (Å²) in [7, 11) is 0. The molecule has 1 saturated heterocycles. The van der Waals surface area contributed by atoms with E-state index in [1.807, 2.05) is 31.2 Å². The Balaban J connectivity index is 1.85. The van der Waals surface area contributed by atoms with Crippen LogP contribution in [0.5, 0.6) is 5.75 Å². The highest BCUT2D eigenvalue weighted by Gasteiger charge is 2.20. The Bertz CT molecular complexity index is 367. The van der Waals surface area contributed by atoms with Crippen LogP contribution in [0.1, 0.15) is 5.56 Å². The molecular weight excluding hydrogens is 210 g/mol. The Kier molecular flexibility index (Phi) is 3.06. The first-order valence-corrected chi connectivity index (χ1v) is 5.29. The third-order valence-electron chi connectivity index (χ3n) is 2.17. The van der Waals surface area contributed by atoms with Crippen LogP contribution < -0.4 is 10.1 Å². The van der Waals surface area contributed by atoms with Crippen molar-refractivity contribution in [3.8, 4) is 5.75 Å². The summed E-state index contributed by atoms with van der Waals surface area (Å²) in [6.45, 7) is 3.29. The van der Waals surface area contributed by atoms with Crippen molar-refractivity contribution in [1.29, 1.82) is 0 Å². The van der Waals surface area contributed by atoms with Gasteiger partial charge in [-0.1, -0.05) is 12.1 Å². The van der Waals surface area contributed by atoms with E-state index in [-0.39, 0.29) is 6.10 Å². The average Bonchev–Trinajstić information content (AvgIpc) is 2.62. The van der Waals surface area contributed by atoms with Gasteiger partial charge in [0.25, 0.3) is 5.17 Å². The van der Waals surface area contributed by atoms with Crippen LogP contribution in [0.15, 0.2) is 24.3 Å². The van der Waals surface area contributed by atoms with Gasteiger partial charge >= 0.3 is 0 Å². The molecule has 0 aliphatic carbocycles. The van der Waals surface area contributed by atoms with E-state index in [1.165, 1.54) is 5.56 Å². The molecule has 2 rings (SSSR count). The van der Waals surface area contributed by atoms with Gasteiger partial charge in [0.15, 0.2) is 6.10 Å². The van der Waals surface area contributed by atoms with Crippen molar-refractivity contribution in [2.75, 3.05) is 13.2 Å². The van der Waals surface area contributed by atoms with Gasteiger partial charge in [0.05, 0.1) is 6.54 Å². The molecule has 0 saturated carbocycles. The van der Waals surface area contributed by atoms with Crippen LogP contribution in [0, 0.1) is 6.92 Å². The summed E-state index contributed by atoms with van der Waals surface area (Å²) in [6, 6.07) is 7.95. The monoisotopic (exact) mass is 223 g/mol. The zero-order valence-electron chi connectivity index (χ0n) is 8.53. The Morgan fingerprint density at radius 3 is 3.13 bits per heavy atom. The molecule has 15 heavy (non-hydrogen) atoms. The highest BCUT2D eigenvalue weighted by Crippen LogP contribution is 2.13. The smallest absolute Gasteiger partial charge is 0.257 e. The fraction of sp³-hybridized carbons (Fsp3) is 0.364. The standard InChI is InChI=1S/C11H13NO2S/c1-8-3-2-4-9(5-8)13-7-10-6-12-11(15)14-10/h2-5,10H,6-7H2,1H3,(H,12,15)/t10-/m1/s1. The van der Waals surface area contributed by atoms with Crippen LogP contribution in [-0.4, -0.2) is 24.4 Å². The molecule has 1 N–H and O–H groups in total. The SMILES string of the molecule is Cc1cccc(OC[C@H]2CNC(=S)O2)c1. The highest BCUT2D eigenvalue weighted by atomic mass is 32.1. The van der Waals surface area contributed by atoms with Gasteiger partial charge < -0.3 is 14.8 Å². The lowest BCUT2D eigenvalue weighted by Gasteiger charge is -2.10. The Labute approximate surface area is 94.4 Å². The molecule has 1 fully saturated rings. The van der Waals surface area contributed by atoms with Crippen LogP contribution in [0.4, 0.5) is 0 Å². The van der Waals surface area contributed by atoms with Crippen molar-refractivity contribution < 1.29 is 9.47 Å². The number of hydrogen-bond donors (Lipinski definition) is 1. The van der Waals surface area contributed by atoms with E-state index in [1.54, 1.807) is 0 Å². The van der Waals surface area contributed by atoms with Gasteiger partial charge in [-0.05, 0) is 36.8 Å². The second kappa shape index (κ2) is 4.49. The van der Waals surface area contributed by atoms with Crippen molar-refractivity contribution >= 4 is 17.4 Å². The summed E-state index contributed by atoms with van der Waals surface area (Å²) >= 11 is 4.86. The Hall–Kier alpha value is -1.29. The lowest BCUT2D eigenvalue weighted by atomic mass is 10.2. The predicted molar refractivity (Wildman–Crippen MR) is 62.1 cm³/mol. The fourth-order valence-electron chi connectivity index (χ4n) is 1.42. The molecule has 1 atom stereocenters. The predicted octanol–water partition coefficient (Wildman–Crippen LogP) is 1.65. The maximum absolute atomic E-state index is 5.59. The minimum Gasteiger partial charge on any atom is -0.490 e. The van der Waals surface area contributed by atoms with E-state index < -0.39 is 0 Å². The van der Waals surface area contributed by atoms with Gasteiger partial charge in [-0.3, -0.25) is 0 Å². The zero-order valence-corrected chi connectivity index (χ0v) is 9.34. The highest BCUT2D eigenvalue weighted by molar-refractivity contribution is 7.80. The topological polar surface area (TPSA) is 30.5 Å². The third kappa shape index (κ3) is 2.83. The van der Waals surface area contributed by atoms with E-state index in [9.17, 15) is 0 Å². The number of nitrogens with one attached hydrogen (secondary N) is 1. The molecule has 0 bridgehead atoms. The molecule has 0 amide bonds. The second-order valence-electron chi connectivity index (χ2n) is 3.54. The molecule has 0 aromatic heterocycles. The quantitative estimate of drug-likeness (QED) is 0.789. The molecule has 0 unspecified atom stereocenters. The van der Waals surface area contributed by atoms with E-state index in [2.05, 4.69) is 5.32 Å². The maximum Gasteiger partial charge on any atom is 0.257 e. The largest absolute Gasteiger partial charge is 0.490 e. The van der Waals surface area contributed by atoms with Gasteiger partial charge in [-0.2, -0.15) is 0 Å². The minimum atomic E-state index is 0.0259. The molecule has 4 heteroatoms. The van der Waals surface area contributed by atoms with Crippen LogP contribution in [0.2, 0.25) is 0 Å². The van der Waals surface area contributed by atoms with Gasteiger partial charge in [0, 0.05) is 0 Å². The fourth-order valence-corrected chi connectivity index (χ4v) is 1.64. The van der Waals surface area contributed by atoms with Crippen molar-refractivity contribution in [2.45, 2.75) is 13.0 Å². The van der Waals surface area contributed by atoms with E-state index in [0.717, 1.165) is 12.3 Å². The summed E-state index contributed by atoms with van der Waals surface area (Å²) < 4.78 is 10.9. The molecule has 1 aliphatic heterocycles. The van der Waals surface area contributed by atoms with Crippen LogP contribution in [0.3, 0.4) is 0 Å². The number of aryl methyl sites for hydroxylation is 1. The van der Waals surface area contributed by atoms with Crippen molar-refractivity contribution in [1.82, 2.24) is 5.32 Å². The van der Waals surface area contributed by atoms with E-state index >= 15 is 0 Å². The summed E-state index contributed by atoms with van der Waals surface area (Å²) in [5.74, 6) is 0.872. The van der Waals surface area contributed by atoms with Gasteiger partial charge in [-0.15, -0.1) is 0 Å². The number of ether oxygens (including phenoxy) is 2. The zero-order chi connectivity index (χ0) is 10.7. The molecule has 80 valence electrons. The average molecular weight is 223 g/mol. The molecule has 1 aromatic rings. The van der Waals surface area contributed by atoms with Crippen LogP contribution in [0.25, 0.3) is 0 Å². The van der Waals surface area contributed by atoms with Gasteiger partial charge in [-0.25, -0.2) is 0 Å². The first-order valence-electron chi connectivity index (χ1n) is 4.88. The molecule has 3 nitrogen and oxygen atoms in total. The third-order valence-corrected chi connectivity index (χ3v) is 2.41. The molecule has 0 radical (unpaired) electrons. The van der Waals surface area contributed by atoms with Crippen LogP contribution in [-0.2, 0) is 4.74 Å². The first-order chi connectivity index (χ1) is 7.24. The number of thiocarbonyl (C=S) groups is 1. The molecule has 1 aliphatic rings. The number of hydrogen-bond acceptors (Lipinski definition) is 3. The molecular formula is C11H13NO2S. The summed E-state index contributed by atoms with van der Waals surface area (Å²) in [4.78, 5) is 0. The summed E-state index contributed by atoms with van der Waals surface area (Å²) in [5.41, 5.74) is 1.19. The summed E-state index contributed by atoms with van der Waals surface area (Å²) in [6.07, 6.45) is 0.0259. The van der Waals surface area contributed by atoms with Crippen molar-refractivity contribution in [3.05, 3.63) is 29.8 Å². The van der Waals surface area contributed by atoms with Crippen molar-refractivity contribution in [2.24, 2.45) is 0 Å². The Morgan fingerprint density at radius 2 is 2.47 bits per heavy atom. The molecule has 1 aromatic carbocycles. The Morgan fingerprint density at radius 1 is 1.60 bits per heavy atom. The number of rotatable bonds is 3.